The van der Waals surface area contributed by atoms with Crippen molar-refractivity contribution in [1.29, 1.82) is 0 Å². The second-order valence-electron chi connectivity index (χ2n) is 11.1. The van der Waals surface area contributed by atoms with Crippen molar-refractivity contribution in [3.05, 3.63) is 174 Å². The lowest BCUT2D eigenvalue weighted by Gasteiger charge is -2.25. The van der Waals surface area contributed by atoms with Crippen molar-refractivity contribution in [2.75, 3.05) is 0 Å². The van der Waals surface area contributed by atoms with Crippen molar-refractivity contribution in [2.45, 2.75) is 19.2 Å². The van der Waals surface area contributed by atoms with E-state index < -0.39 is 7.92 Å². The third kappa shape index (κ3) is 5.79. The number of benzene rings is 7. The molecule has 0 saturated carbocycles. The van der Waals surface area contributed by atoms with Gasteiger partial charge in [0.15, 0.2) is 0 Å². The molecule has 1 unspecified atom stereocenters. The molecule has 0 saturated heterocycles. The van der Waals surface area contributed by atoms with Gasteiger partial charge in [0, 0.05) is 6.16 Å². The highest BCUT2D eigenvalue weighted by Gasteiger charge is 2.22. The van der Waals surface area contributed by atoms with Crippen molar-refractivity contribution in [3.63, 3.8) is 0 Å². The Labute approximate surface area is 258 Å². The van der Waals surface area contributed by atoms with Gasteiger partial charge in [0.05, 0.1) is 0 Å². The quantitative estimate of drug-likeness (QED) is 0.155. The lowest BCUT2D eigenvalue weighted by molar-refractivity contribution is 1.29. The highest BCUT2D eigenvalue weighted by molar-refractivity contribution is 7.72. The minimum Gasteiger partial charge on any atom is -0.0856 e. The van der Waals surface area contributed by atoms with Gasteiger partial charge in [-0.2, -0.15) is 0 Å². The van der Waals surface area contributed by atoms with Gasteiger partial charge in [0.25, 0.3) is 0 Å². The van der Waals surface area contributed by atoms with Crippen LogP contribution in [0.25, 0.3) is 32.7 Å². The second-order valence-corrected chi connectivity index (χ2v) is 14.5. The maximum absolute atomic E-state index is 2.49. The summed E-state index contributed by atoms with van der Waals surface area (Å²) in [5.74, 6) is 0. The van der Waals surface area contributed by atoms with Crippen molar-refractivity contribution >= 4 is 54.0 Å². The fraction of sp³-hybridized carbons (Fsp3) is 0.0732. The molecule has 0 amide bonds. The lowest BCUT2D eigenvalue weighted by atomic mass is 9.88. The SMILES string of the molecule is Cc1ccccc1PCc1cc2ccccc2c(-c2cccc3ccccc23)c1CP(c1ccccc1)c1ccccc1. The molecule has 0 spiro atoms. The third-order valence-corrected chi connectivity index (χ3v) is 12.3. The Balaban J connectivity index is 1.49. The van der Waals surface area contributed by atoms with Crippen LogP contribution < -0.4 is 15.9 Å². The predicted octanol–water partition coefficient (Wildman–Crippen LogP) is 10.1. The first-order chi connectivity index (χ1) is 21.3. The summed E-state index contributed by atoms with van der Waals surface area (Å²) in [6, 6.07) is 58.4. The molecule has 0 fully saturated rings. The van der Waals surface area contributed by atoms with Gasteiger partial charge in [-0.15, -0.1) is 0 Å². The van der Waals surface area contributed by atoms with Crippen LogP contribution in [-0.4, -0.2) is 0 Å². The summed E-state index contributed by atoms with van der Waals surface area (Å²) >= 11 is 0. The molecule has 43 heavy (non-hydrogen) atoms. The van der Waals surface area contributed by atoms with Crippen LogP contribution in [0.4, 0.5) is 0 Å². The summed E-state index contributed by atoms with van der Waals surface area (Å²) in [6.07, 6.45) is 2.04. The molecule has 0 nitrogen and oxygen atoms in total. The van der Waals surface area contributed by atoms with Crippen LogP contribution in [-0.2, 0) is 12.3 Å². The van der Waals surface area contributed by atoms with Crippen molar-refractivity contribution < 1.29 is 0 Å². The molecular formula is C41H34P2. The van der Waals surface area contributed by atoms with Gasteiger partial charge in [-0.1, -0.05) is 166 Å². The van der Waals surface area contributed by atoms with Gasteiger partial charge in [-0.25, -0.2) is 0 Å². The zero-order valence-electron chi connectivity index (χ0n) is 24.4. The largest absolute Gasteiger partial charge is 0.0856 e. The van der Waals surface area contributed by atoms with E-state index in [1.807, 2.05) is 0 Å². The molecule has 1 atom stereocenters. The Bertz CT molecular complexity index is 1970. The Morgan fingerprint density at radius 1 is 0.535 bits per heavy atom. The molecule has 0 aliphatic carbocycles. The van der Waals surface area contributed by atoms with Crippen LogP contribution in [0.1, 0.15) is 16.7 Å². The van der Waals surface area contributed by atoms with Crippen molar-refractivity contribution in [2.24, 2.45) is 0 Å². The molecule has 7 aromatic carbocycles. The first-order valence-electron chi connectivity index (χ1n) is 14.9. The van der Waals surface area contributed by atoms with Gasteiger partial charge >= 0.3 is 0 Å². The average Bonchev–Trinajstić information content (AvgIpc) is 3.07. The Morgan fingerprint density at radius 3 is 1.84 bits per heavy atom. The molecule has 0 aliphatic rings. The van der Waals surface area contributed by atoms with E-state index in [0.717, 1.165) is 20.9 Å². The number of fused-ring (bicyclic) bond motifs is 2. The van der Waals surface area contributed by atoms with E-state index in [1.165, 1.54) is 65.3 Å². The molecule has 2 heteroatoms. The molecule has 0 heterocycles. The Morgan fingerprint density at radius 2 is 1.12 bits per heavy atom. The van der Waals surface area contributed by atoms with E-state index in [-0.39, 0.29) is 0 Å². The smallest absolute Gasteiger partial charge is 0.00167 e. The first kappa shape index (κ1) is 27.7. The summed E-state index contributed by atoms with van der Waals surface area (Å²) in [4.78, 5) is 0. The zero-order valence-corrected chi connectivity index (χ0v) is 26.3. The van der Waals surface area contributed by atoms with E-state index in [0.29, 0.717) is 0 Å². The van der Waals surface area contributed by atoms with Crippen LogP contribution in [0.3, 0.4) is 0 Å². The molecule has 0 aliphatic heterocycles. The van der Waals surface area contributed by atoms with E-state index in [1.54, 1.807) is 0 Å². The molecule has 0 aromatic heterocycles. The van der Waals surface area contributed by atoms with E-state index in [2.05, 4.69) is 165 Å². The van der Waals surface area contributed by atoms with Crippen LogP contribution >= 0.6 is 16.5 Å². The van der Waals surface area contributed by atoms with E-state index >= 15 is 0 Å². The summed E-state index contributed by atoms with van der Waals surface area (Å²) in [5, 5.41) is 9.58. The molecule has 0 bridgehead atoms. The van der Waals surface area contributed by atoms with E-state index in [9.17, 15) is 0 Å². The van der Waals surface area contributed by atoms with Gasteiger partial charge in [-0.05, 0) is 86.3 Å². The molecule has 208 valence electrons. The maximum atomic E-state index is 2.49. The minimum absolute atomic E-state index is 0.617. The van der Waals surface area contributed by atoms with Gasteiger partial charge in [0.2, 0.25) is 0 Å². The Hall–Kier alpha value is -4.08. The average molecular weight is 589 g/mol. The molecule has 7 rings (SSSR count). The number of hydrogen-bond acceptors (Lipinski definition) is 0. The predicted molar refractivity (Wildman–Crippen MR) is 192 cm³/mol. The van der Waals surface area contributed by atoms with Crippen LogP contribution in [0, 0.1) is 6.92 Å². The summed E-state index contributed by atoms with van der Waals surface area (Å²) in [5.41, 5.74) is 7.09. The number of aryl methyl sites for hydroxylation is 1. The number of hydrogen-bond donors (Lipinski definition) is 0. The molecule has 0 radical (unpaired) electrons. The zero-order chi connectivity index (χ0) is 29.0. The van der Waals surface area contributed by atoms with Crippen molar-refractivity contribution in [3.8, 4) is 11.1 Å². The summed E-state index contributed by atoms with van der Waals surface area (Å²) in [6.45, 7) is 2.25. The normalized spacial score (nSPS) is 11.7. The third-order valence-electron chi connectivity index (χ3n) is 8.37. The maximum Gasteiger partial charge on any atom is 0.00167 e. The van der Waals surface area contributed by atoms with Gasteiger partial charge < -0.3 is 0 Å². The van der Waals surface area contributed by atoms with Gasteiger partial charge in [0.1, 0.15) is 0 Å². The second kappa shape index (κ2) is 12.7. The number of rotatable bonds is 8. The summed E-state index contributed by atoms with van der Waals surface area (Å²) < 4.78 is 0. The fourth-order valence-electron chi connectivity index (χ4n) is 6.21. The highest BCUT2D eigenvalue weighted by atomic mass is 31.1. The van der Waals surface area contributed by atoms with Crippen molar-refractivity contribution in [1.82, 2.24) is 0 Å². The first-order valence-corrected chi connectivity index (χ1v) is 17.7. The molecule has 7 aromatic rings. The molecular weight excluding hydrogens is 554 g/mol. The van der Waals surface area contributed by atoms with Gasteiger partial charge in [-0.3, -0.25) is 0 Å². The fourth-order valence-corrected chi connectivity index (χ4v) is 9.88. The van der Waals surface area contributed by atoms with Crippen LogP contribution in [0.2, 0.25) is 0 Å². The minimum atomic E-state index is -0.617. The summed E-state index contributed by atoms with van der Waals surface area (Å²) in [7, 11) is 0.104. The van der Waals surface area contributed by atoms with Crippen LogP contribution in [0.5, 0.6) is 0 Å². The topological polar surface area (TPSA) is 0 Å². The standard InChI is InChI=1S/C41H34P2/c1-30-15-8-13-26-40(30)42-28-33-27-32-17-10-12-24-37(32)41(38-25-14-18-31-16-9-11-23-36(31)38)39(33)29-43(34-19-4-2-5-20-34)35-21-6-3-7-22-35/h2-27,42H,28-29H2,1H3. The lowest BCUT2D eigenvalue weighted by Crippen LogP contribution is -2.14. The Kier molecular flexibility index (Phi) is 8.16. The highest BCUT2D eigenvalue weighted by Crippen LogP contribution is 2.46. The van der Waals surface area contributed by atoms with Crippen LogP contribution in [0.15, 0.2) is 158 Å². The molecule has 0 N–H and O–H groups in total. The monoisotopic (exact) mass is 588 g/mol. The van der Waals surface area contributed by atoms with E-state index in [4.69, 9.17) is 0 Å².